The Morgan fingerprint density at radius 2 is 2.00 bits per heavy atom. The third-order valence-corrected chi connectivity index (χ3v) is 3.49. The molecule has 0 aliphatic heterocycles. The molecule has 0 aromatic heterocycles. The van der Waals surface area contributed by atoms with Crippen molar-refractivity contribution in [3.05, 3.63) is 53.1 Å². The molecule has 1 amide bonds. The number of amides is 1. The summed E-state index contributed by atoms with van der Waals surface area (Å²) in [6, 6.07) is 11.3. The number of hydrogen-bond acceptors (Lipinski definition) is 5. The highest BCUT2D eigenvalue weighted by molar-refractivity contribution is 6.30. The van der Waals surface area contributed by atoms with Crippen LogP contribution < -0.4 is 15.5 Å². The van der Waals surface area contributed by atoms with Gasteiger partial charge >= 0.3 is 0 Å². The first-order chi connectivity index (χ1) is 11.5. The van der Waals surface area contributed by atoms with Gasteiger partial charge in [0.25, 0.3) is 5.91 Å². The van der Waals surface area contributed by atoms with E-state index >= 15 is 0 Å². The van der Waals surface area contributed by atoms with Gasteiger partial charge in [-0.15, -0.1) is 0 Å². The Hall–Kier alpha value is -2.73. The molecule has 0 fully saturated rings. The third kappa shape index (κ3) is 4.89. The lowest BCUT2D eigenvalue weighted by molar-refractivity contribution is -0.121. The van der Waals surface area contributed by atoms with Gasteiger partial charge in [0, 0.05) is 16.3 Å². The molecular formula is C17H18ClN3O3. The van der Waals surface area contributed by atoms with Gasteiger partial charge in [0.15, 0.2) is 0 Å². The van der Waals surface area contributed by atoms with Crippen molar-refractivity contribution in [2.75, 3.05) is 12.4 Å². The van der Waals surface area contributed by atoms with E-state index < -0.39 is 6.04 Å². The summed E-state index contributed by atoms with van der Waals surface area (Å²) in [7, 11) is 1.53. The molecule has 0 heterocycles. The number of methoxy groups -OCH3 is 1. The molecule has 2 aromatic carbocycles. The average molecular weight is 348 g/mol. The van der Waals surface area contributed by atoms with Gasteiger partial charge in [-0.05, 0) is 49.4 Å². The number of phenols is 1. The third-order valence-electron chi connectivity index (χ3n) is 3.23. The minimum Gasteiger partial charge on any atom is -0.507 e. The fraction of sp³-hybridized carbons (Fsp3) is 0.176. The van der Waals surface area contributed by atoms with Crippen LogP contribution in [0.1, 0.15) is 12.5 Å². The van der Waals surface area contributed by atoms with Crippen LogP contribution in [0.2, 0.25) is 5.02 Å². The molecule has 6 nitrogen and oxygen atoms in total. The zero-order valence-corrected chi connectivity index (χ0v) is 14.0. The fourth-order valence-corrected chi connectivity index (χ4v) is 2.01. The Kier molecular flexibility index (Phi) is 6.03. The predicted molar refractivity (Wildman–Crippen MR) is 94.9 cm³/mol. The van der Waals surface area contributed by atoms with Crippen molar-refractivity contribution < 1.29 is 14.6 Å². The highest BCUT2D eigenvalue weighted by Crippen LogP contribution is 2.21. The molecule has 126 valence electrons. The number of hydrogen-bond donors (Lipinski definition) is 3. The van der Waals surface area contributed by atoms with E-state index in [4.69, 9.17) is 16.3 Å². The normalized spacial score (nSPS) is 12.0. The molecule has 1 atom stereocenters. The maximum atomic E-state index is 12.0. The molecule has 3 N–H and O–H groups in total. The van der Waals surface area contributed by atoms with Gasteiger partial charge in [0.05, 0.1) is 13.3 Å². The quantitative estimate of drug-likeness (QED) is 0.554. The van der Waals surface area contributed by atoms with Crippen LogP contribution >= 0.6 is 11.6 Å². The van der Waals surface area contributed by atoms with Crippen molar-refractivity contribution in [2.45, 2.75) is 13.0 Å². The van der Waals surface area contributed by atoms with Gasteiger partial charge in [-0.1, -0.05) is 11.6 Å². The van der Waals surface area contributed by atoms with Crippen LogP contribution in [0.4, 0.5) is 5.69 Å². The lowest BCUT2D eigenvalue weighted by Gasteiger charge is -2.13. The van der Waals surface area contributed by atoms with Crippen molar-refractivity contribution in [1.29, 1.82) is 0 Å². The van der Waals surface area contributed by atoms with Crippen molar-refractivity contribution in [3.8, 4) is 11.5 Å². The minimum atomic E-state index is -0.498. The van der Waals surface area contributed by atoms with Gasteiger partial charge in [-0.25, -0.2) is 5.43 Å². The summed E-state index contributed by atoms with van der Waals surface area (Å²) in [6.45, 7) is 1.71. The first-order valence-corrected chi connectivity index (χ1v) is 7.59. The van der Waals surface area contributed by atoms with Crippen molar-refractivity contribution in [1.82, 2.24) is 5.43 Å². The van der Waals surface area contributed by atoms with Gasteiger partial charge < -0.3 is 15.2 Å². The first kappa shape index (κ1) is 17.6. The Balaban J connectivity index is 1.93. The summed E-state index contributed by atoms with van der Waals surface area (Å²) >= 11 is 5.82. The van der Waals surface area contributed by atoms with E-state index in [2.05, 4.69) is 15.8 Å². The number of carbonyl (C=O) groups excluding carboxylic acids is 1. The summed E-state index contributed by atoms with van der Waals surface area (Å²) in [6.07, 6.45) is 1.35. The molecule has 2 rings (SSSR count). The number of halogens is 1. The van der Waals surface area contributed by atoms with E-state index in [9.17, 15) is 9.90 Å². The van der Waals surface area contributed by atoms with Gasteiger partial charge in [0.1, 0.15) is 17.5 Å². The van der Waals surface area contributed by atoms with Crippen LogP contribution in [0.25, 0.3) is 0 Å². The van der Waals surface area contributed by atoms with E-state index in [1.807, 2.05) is 0 Å². The lowest BCUT2D eigenvalue weighted by atomic mass is 10.2. The molecule has 0 aliphatic rings. The fourth-order valence-electron chi connectivity index (χ4n) is 1.89. The summed E-state index contributed by atoms with van der Waals surface area (Å²) < 4.78 is 5.07. The molecule has 0 saturated carbocycles. The van der Waals surface area contributed by atoms with E-state index in [0.29, 0.717) is 16.3 Å². The Labute approximate surface area is 145 Å². The number of phenolic OH excluding ortho intramolecular Hbond substituents is 1. The molecule has 0 bridgehead atoms. The second kappa shape index (κ2) is 8.21. The van der Waals surface area contributed by atoms with Crippen LogP contribution in [0.15, 0.2) is 47.6 Å². The Morgan fingerprint density at radius 3 is 2.67 bits per heavy atom. The van der Waals surface area contributed by atoms with E-state index in [0.717, 1.165) is 5.69 Å². The van der Waals surface area contributed by atoms with Crippen LogP contribution in [0.3, 0.4) is 0 Å². The van der Waals surface area contributed by atoms with Gasteiger partial charge in [-0.2, -0.15) is 5.10 Å². The largest absolute Gasteiger partial charge is 0.507 e. The number of carbonyl (C=O) groups is 1. The van der Waals surface area contributed by atoms with Crippen molar-refractivity contribution >= 4 is 29.4 Å². The molecule has 0 saturated heterocycles. The second-order valence-corrected chi connectivity index (χ2v) is 5.47. The maximum absolute atomic E-state index is 12.0. The van der Waals surface area contributed by atoms with Crippen LogP contribution in [-0.4, -0.2) is 30.4 Å². The maximum Gasteiger partial charge on any atom is 0.262 e. The van der Waals surface area contributed by atoms with Crippen molar-refractivity contribution in [2.24, 2.45) is 5.10 Å². The minimum absolute atomic E-state index is 0.0427. The average Bonchev–Trinajstić information content (AvgIpc) is 2.58. The molecule has 7 heteroatoms. The zero-order chi connectivity index (χ0) is 17.5. The highest BCUT2D eigenvalue weighted by Gasteiger charge is 2.11. The molecule has 1 unspecified atom stereocenters. The number of hydrazone groups is 1. The summed E-state index contributed by atoms with van der Waals surface area (Å²) in [5.74, 6) is 0.308. The topological polar surface area (TPSA) is 83.0 Å². The summed E-state index contributed by atoms with van der Waals surface area (Å²) in [4.78, 5) is 12.0. The van der Waals surface area contributed by atoms with E-state index in [-0.39, 0.29) is 11.7 Å². The number of benzene rings is 2. The SMILES string of the molecule is COc1ccc(O)c(/C=N/NC(=O)C(C)Nc2ccc(Cl)cc2)c1. The molecule has 2 aromatic rings. The van der Waals surface area contributed by atoms with Gasteiger partial charge in [0.2, 0.25) is 0 Å². The predicted octanol–water partition coefficient (Wildman–Crippen LogP) is 3.00. The number of rotatable bonds is 6. The Bertz CT molecular complexity index is 732. The van der Waals surface area contributed by atoms with Crippen LogP contribution in [0.5, 0.6) is 11.5 Å². The van der Waals surface area contributed by atoms with Crippen LogP contribution in [0, 0.1) is 0 Å². The lowest BCUT2D eigenvalue weighted by Crippen LogP contribution is -2.34. The van der Waals surface area contributed by atoms with E-state index in [1.165, 1.54) is 19.4 Å². The zero-order valence-electron chi connectivity index (χ0n) is 13.3. The van der Waals surface area contributed by atoms with E-state index in [1.54, 1.807) is 43.3 Å². The van der Waals surface area contributed by atoms with Crippen LogP contribution in [-0.2, 0) is 4.79 Å². The smallest absolute Gasteiger partial charge is 0.262 e. The number of nitrogens with one attached hydrogen (secondary N) is 2. The number of ether oxygens (including phenoxy) is 1. The molecular weight excluding hydrogens is 330 g/mol. The molecule has 24 heavy (non-hydrogen) atoms. The first-order valence-electron chi connectivity index (χ1n) is 7.21. The standard InChI is InChI=1S/C17H18ClN3O3/c1-11(20-14-5-3-13(18)4-6-14)17(23)21-19-10-12-9-15(24-2)7-8-16(12)22/h3-11,20,22H,1-2H3,(H,21,23)/b19-10+. The molecule has 0 aliphatic carbocycles. The van der Waals surface area contributed by atoms with Gasteiger partial charge in [-0.3, -0.25) is 4.79 Å². The monoisotopic (exact) mass is 347 g/mol. The number of aromatic hydroxyl groups is 1. The second-order valence-electron chi connectivity index (χ2n) is 5.03. The highest BCUT2D eigenvalue weighted by atomic mass is 35.5. The number of anilines is 1. The molecule has 0 spiro atoms. The number of nitrogens with zero attached hydrogens (tertiary/aromatic N) is 1. The van der Waals surface area contributed by atoms with Crippen molar-refractivity contribution in [3.63, 3.8) is 0 Å². The Morgan fingerprint density at radius 1 is 1.29 bits per heavy atom. The summed E-state index contributed by atoms with van der Waals surface area (Å²) in [5.41, 5.74) is 3.63. The molecule has 0 radical (unpaired) electrons. The summed E-state index contributed by atoms with van der Waals surface area (Å²) in [5, 5.41) is 17.3.